The first-order chi connectivity index (χ1) is 11.3. The van der Waals surface area contributed by atoms with Crippen molar-refractivity contribution in [3.63, 3.8) is 0 Å². The minimum Gasteiger partial charge on any atom is -0.342 e. The van der Waals surface area contributed by atoms with Crippen molar-refractivity contribution in [1.82, 2.24) is 10.2 Å². The van der Waals surface area contributed by atoms with Crippen LogP contribution in [0.2, 0.25) is 0 Å². The lowest BCUT2D eigenvalue weighted by Gasteiger charge is -2.31. The summed E-state index contributed by atoms with van der Waals surface area (Å²) in [5.74, 6) is 0.243. The second-order valence-electron chi connectivity index (χ2n) is 6.18. The van der Waals surface area contributed by atoms with Gasteiger partial charge in [-0.15, -0.1) is 0 Å². The van der Waals surface area contributed by atoms with E-state index in [1.807, 2.05) is 30.1 Å². The van der Waals surface area contributed by atoms with Crippen LogP contribution < -0.4 is 5.32 Å². The van der Waals surface area contributed by atoms with Crippen LogP contribution in [-0.4, -0.2) is 37.0 Å². The number of hydrogen-bond donors (Lipinski definition) is 1. The van der Waals surface area contributed by atoms with Gasteiger partial charge in [0.25, 0.3) is 0 Å². The minimum atomic E-state index is 0.243. The monoisotopic (exact) mass is 308 g/mol. The summed E-state index contributed by atoms with van der Waals surface area (Å²) < 4.78 is 0. The normalized spacial score (nSPS) is 15.6. The fourth-order valence-electron chi connectivity index (χ4n) is 3.15. The minimum absolute atomic E-state index is 0.243. The molecule has 0 spiro atoms. The maximum atomic E-state index is 12.4. The van der Waals surface area contributed by atoms with E-state index in [-0.39, 0.29) is 5.91 Å². The van der Waals surface area contributed by atoms with E-state index in [0.717, 1.165) is 31.5 Å². The van der Waals surface area contributed by atoms with Crippen LogP contribution in [0.1, 0.15) is 18.4 Å². The molecule has 0 aromatic heterocycles. The van der Waals surface area contributed by atoms with Gasteiger partial charge >= 0.3 is 0 Å². The van der Waals surface area contributed by atoms with Crippen molar-refractivity contribution in [3.05, 3.63) is 60.2 Å². The molecule has 1 aliphatic heterocycles. The van der Waals surface area contributed by atoms with Crippen molar-refractivity contribution < 1.29 is 4.79 Å². The topological polar surface area (TPSA) is 32.3 Å². The molecule has 0 atom stereocenters. The fourth-order valence-corrected chi connectivity index (χ4v) is 3.15. The summed E-state index contributed by atoms with van der Waals surface area (Å²) in [5.41, 5.74) is 3.49. The average Bonchev–Trinajstić information content (AvgIpc) is 2.63. The number of benzene rings is 2. The Morgan fingerprint density at radius 2 is 1.61 bits per heavy atom. The number of piperidine rings is 1. The summed E-state index contributed by atoms with van der Waals surface area (Å²) in [6.45, 7) is 1.73. The molecule has 3 rings (SSSR count). The summed E-state index contributed by atoms with van der Waals surface area (Å²) in [5, 5.41) is 3.30. The molecule has 1 amide bonds. The maximum absolute atomic E-state index is 12.4. The second kappa shape index (κ2) is 7.42. The number of hydrogen-bond acceptors (Lipinski definition) is 2. The Morgan fingerprint density at radius 3 is 2.22 bits per heavy atom. The lowest BCUT2D eigenvalue weighted by Crippen LogP contribution is -2.44. The predicted molar refractivity (Wildman–Crippen MR) is 94.2 cm³/mol. The number of nitrogens with one attached hydrogen (secondary N) is 1. The highest BCUT2D eigenvalue weighted by molar-refractivity contribution is 5.79. The summed E-state index contributed by atoms with van der Waals surface area (Å²) in [6, 6.07) is 19.2. The van der Waals surface area contributed by atoms with Gasteiger partial charge in [0.05, 0.1) is 6.42 Å². The Bertz CT molecular complexity index is 628. The molecule has 3 heteroatoms. The van der Waals surface area contributed by atoms with E-state index in [1.165, 1.54) is 11.1 Å². The number of nitrogens with zero attached hydrogens (tertiary/aromatic N) is 1. The smallest absolute Gasteiger partial charge is 0.226 e. The number of likely N-dealkylation sites (tertiary alicyclic amines) is 1. The van der Waals surface area contributed by atoms with E-state index in [1.54, 1.807) is 0 Å². The van der Waals surface area contributed by atoms with Crippen LogP contribution in [0, 0.1) is 0 Å². The van der Waals surface area contributed by atoms with Gasteiger partial charge < -0.3 is 10.2 Å². The summed E-state index contributed by atoms with van der Waals surface area (Å²) in [7, 11) is 2.00. The first-order valence-electron chi connectivity index (χ1n) is 8.35. The molecule has 1 N–H and O–H groups in total. The Hall–Kier alpha value is -2.13. The lowest BCUT2D eigenvalue weighted by molar-refractivity contribution is -0.131. The highest BCUT2D eigenvalue weighted by Gasteiger charge is 2.21. The molecular weight excluding hydrogens is 284 g/mol. The summed E-state index contributed by atoms with van der Waals surface area (Å²) in [6.07, 6.45) is 2.60. The molecule has 0 radical (unpaired) electrons. The van der Waals surface area contributed by atoms with Crippen LogP contribution >= 0.6 is 0 Å². The van der Waals surface area contributed by atoms with Crippen molar-refractivity contribution in [2.75, 3.05) is 20.1 Å². The van der Waals surface area contributed by atoms with Crippen LogP contribution in [0.5, 0.6) is 0 Å². The third-order valence-corrected chi connectivity index (χ3v) is 4.67. The van der Waals surface area contributed by atoms with Crippen molar-refractivity contribution in [1.29, 1.82) is 0 Å². The summed E-state index contributed by atoms with van der Waals surface area (Å²) in [4.78, 5) is 14.4. The molecule has 1 saturated heterocycles. The van der Waals surface area contributed by atoms with Crippen LogP contribution in [0.4, 0.5) is 0 Å². The molecule has 0 unspecified atom stereocenters. The Labute approximate surface area is 138 Å². The molecule has 120 valence electrons. The highest BCUT2D eigenvalue weighted by Crippen LogP contribution is 2.20. The van der Waals surface area contributed by atoms with Gasteiger partial charge in [-0.05, 0) is 36.6 Å². The van der Waals surface area contributed by atoms with Crippen molar-refractivity contribution >= 4 is 5.91 Å². The van der Waals surface area contributed by atoms with Crippen molar-refractivity contribution in [2.45, 2.75) is 25.3 Å². The van der Waals surface area contributed by atoms with E-state index in [2.05, 4.69) is 41.7 Å². The molecule has 1 fully saturated rings. The number of rotatable bonds is 4. The molecule has 23 heavy (non-hydrogen) atoms. The van der Waals surface area contributed by atoms with Crippen LogP contribution in [0.25, 0.3) is 11.1 Å². The quantitative estimate of drug-likeness (QED) is 0.941. The lowest BCUT2D eigenvalue weighted by atomic mass is 10.0. The van der Waals surface area contributed by atoms with Crippen molar-refractivity contribution in [3.8, 4) is 11.1 Å². The first kappa shape index (κ1) is 15.8. The maximum Gasteiger partial charge on any atom is 0.226 e. The predicted octanol–water partition coefficient (Wildman–Crippen LogP) is 3.11. The van der Waals surface area contributed by atoms with E-state index in [0.29, 0.717) is 12.5 Å². The zero-order valence-electron chi connectivity index (χ0n) is 13.7. The zero-order valence-corrected chi connectivity index (χ0v) is 13.7. The van der Waals surface area contributed by atoms with Gasteiger partial charge in [-0.1, -0.05) is 54.6 Å². The van der Waals surface area contributed by atoms with E-state index >= 15 is 0 Å². The third kappa shape index (κ3) is 3.99. The van der Waals surface area contributed by atoms with Gasteiger partial charge in [0, 0.05) is 19.1 Å². The van der Waals surface area contributed by atoms with E-state index in [4.69, 9.17) is 0 Å². The van der Waals surface area contributed by atoms with E-state index in [9.17, 15) is 4.79 Å². The molecule has 1 aliphatic rings. The van der Waals surface area contributed by atoms with Gasteiger partial charge in [-0.25, -0.2) is 0 Å². The molecule has 1 heterocycles. The zero-order chi connectivity index (χ0) is 16.1. The third-order valence-electron chi connectivity index (χ3n) is 4.67. The van der Waals surface area contributed by atoms with Crippen LogP contribution in [0.3, 0.4) is 0 Å². The Morgan fingerprint density at radius 1 is 1.00 bits per heavy atom. The number of amides is 1. The molecule has 3 nitrogen and oxygen atoms in total. The highest BCUT2D eigenvalue weighted by atomic mass is 16.2. The van der Waals surface area contributed by atoms with E-state index < -0.39 is 0 Å². The Balaban J connectivity index is 1.59. The van der Waals surface area contributed by atoms with Gasteiger partial charge in [0.15, 0.2) is 0 Å². The second-order valence-corrected chi connectivity index (χ2v) is 6.18. The van der Waals surface area contributed by atoms with Gasteiger partial charge in [-0.3, -0.25) is 4.79 Å². The largest absolute Gasteiger partial charge is 0.342 e. The molecule has 0 aliphatic carbocycles. The SMILES string of the molecule is CNC1CCN(C(=O)Cc2ccc(-c3ccccc3)cc2)CC1. The van der Waals surface area contributed by atoms with Crippen LogP contribution in [0.15, 0.2) is 54.6 Å². The molecular formula is C20H24N2O. The Kier molecular flexibility index (Phi) is 5.09. The van der Waals surface area contributed by atoms with Gasteiger partial charge in [-0.2, -0.15) is 0 Å². The van der Waals surface area contributed by atoms with Gasteiger partial charge in [0.2, 0.25) is 5.91 Å². The molecule has 2 aromatic carbocycles. The van der Waals surface area contributed by atoms with Gasteiger partial charge in [0.1, 0.15) is 0 Å². The molecule has 0 saturated carbocycles. The van der Waals surface area contributed by atoms with Crippen LogP contribution in [-0.2, 0) is 11.2 Å². The average molecular weight is 308 g/mol. The fraction of sp³-hybridized carbons (Fsp3) is 0.350. The van der Waals surface area contributed by atoms with Crippen molar-refractivity contribution in [2.24, 2.45) is 0 Å². The first-order valence-corrected chi connectivity index (χ1v) is 8.35. The standard InChI is InChI=1S/C20H24N2O/c1-21-19-11-13-22(14-12-19)20(23)15-16-7-9-18(10-8-16)17-5-3-2-4-6-17/h2-10,19,21H,11-15H2,1H3. The summed E-state index contributed by atoms with van der Waals surface area (Å²) >= 11 is 0. The molecule has 0 bridgehead atoms. The number of carbonyl (C=O) groups excluding carboxylic acids is 1. The number of carbonyl (C=O) groups is 1. The molecule has 2 aromatic rings.